The molecule has 1 heterocycles. The number of benzene rings is 3. The molecule has 2 aliphatic rings. The normalized spacial score (nSPS) is 14.6. The summed E-state index contributed by atoms with van der Waals surface area (Å²) in [5, 5.41) is 11.5. The molecule has 26 heavy (non-hydrogen) atoms. The van der Waals surface area contributed by atoms with E-state index in [0.717, 1.165) is 37.4 Å². The van der Waals surface area contributed by atoms with Crippen LogP contribution in [0, 0.1) is 11.3 Å². The van der Waals surface area contributed by atoms with E-state index in [1.54, 1.807) is 11.8 Å². The van der Waals surface area contributed by atoms with Crippen LogP contribution in [0.2, 0.25) is 0 Å². The van der Waals surface area contributed by atoms with Crippen LogP contribution in [0.1, 0.15) is 11.1 Å². The average Bonchev–Trinajstić information content (AvgIpc) is 3.14. The maximum atomic E-state index is 12.0. The lowest BCUT2D eigenvalue weighted by Gasteiger charge is -2.09. The van der Waals surface area contributed by atoms with Gasteiger partial charge in [0.1, 0.15) is 11.6 Å². The fourth-order valence-corrected chi connectivity index (χ4v) is 4.48. The molecule has 5 rings (SSSR count). The Labute approximate surface area is 153 Å². The van der Waals surface area contributed by atoms with Crippen LogP contribution in [0.3, 0.4) is 0 Å². The first kappa shape index (κ1) is 14.9. The fraction of sp³-hybridized carbons (Fsp3) is 0. The van der Waals surface area contributed by atoms with E-state index in [2.05, 4.69) is 11.1 Å². The summed E-state index contributed by atoms with van der Waals surface area (Å²) in [4.78, 5) is 18.3. The van der Waals surface area contributed by atoms with Gasteiger partial charge in [-0.05, 0) is 41.3 Å². The molecule has 1 amide bonds. The molecule has 0 fully saturated rings. The molecular formula is C21H11N3OS. The van der Waals surface area contributed by atoms with Crippen LogP contribution < -0.4 is 5.73 Å². The molecule has 4 nitrogen and oxygen atoms in total. The molecule has 0 bridgehead atoms. The van der Waals surface area contributed by atoms with Gasteiger partial charge in [-0.25, -0.2) is 4.99 Å². The standard InChI is InChI=1S/C21H11N3OS/c22-10-16-19-14-8-9-17(26-12-6-4-11(23)5-7-12)13-2-1-3-15(18(13)14)20(19)24-21(16)25/h1-9H,23H2. The summed E-state index contributed by atoms with van der Waals surface area (Å²) < 4.78 is 0. The number of nitrogen functional groups attached to an aromatic ring is 1. The molecule has 5 heteroatoms. The number of hydrogen-bond donors (Lipinski definition) is 1. The summed E-state index contributed by atoms with van der Waals surface area (Å²) in [6, 6.07) is 19.8. The van der Waals surface area contributed by atoms with Gasteiger partial charge in [-0.1, -0.05) is 36.0 Å². The number of allylic oxidation sites excluding steroid dienone is 1. The van der Waals surface area contributed by atoms with Crippen molar-refractivity contribution in [1.29, 1.82) is 5.26 Å². The Balaban J connectivity index is 1.73. The first-order valence-electron chi connectivity index (χ1n) is 8.05. The number of aliphatic imine (C=N–C) groups is 1. The number of nitrogens with zero attached hydrogens (tertiary/aromatic N) is 2. The molecule has 0 spiro atoms. The second-order valence-corrected chi connectivity index (χ2v) is 7.25. The van der Waals surface area contributed by atoms with Gasteiger partial charge in [0.05, 0.1) is 5.71 Å². The zero-order valence-corrected chi connectivity index (χ0v) is 14.3. The molecule has 122 valence electrons. The SMILES string of the molecule is N#CC1=C2C(=NC1=O)c1cccc3c(Sc4ccc(N)cc4)ccc2c13. The van der Waals surface area contributed by atoms with Crippen molar-refractivity contribution in [2.45, 2.75) is 9.79 Å². The van der Waals surface area contributed by atoms with Gasteiger partial charge in [0, 0.05) is 32.0 Å². The molecule has 1 aliphatic heterocycles. The first-order chi connectivity index (χ1) is 12.7. The topological polar surface area (TPSA) is 79.2 Å². The zero-order chi connectivity index (χ0) is 17.8. The van der Waals surface area contributed by atoms with Gasteiger partial charge in [0.25, 0.3) is 5.91 Å². The fourth-order valence-electron chi connectivity index (χ4n) is 3.54. The molecule has 0 saturated carbocycles. The Bertz CT molecular complexity index is 1230. The number of nitrogens with two attached hydrogens (primary N) is 1. The molecule has 0 saturated heterocycles. The summed E-state index contributed by atoms with van der Waals surface area (Å²) in [6.07, 6.45) is 0. The Morgan fingerprint density at radius 2 is 1.81 bits per heavy atom. The van der Waals surface area contributed by atoms with Crippen LogP contribution in [0.5, 0.6) is 0 Å². The van der Waals surface area contributed by atoms with Crippen molar-refractivity contribution in [3.63, 3.8) is 0 Å². The summed E-state index contributed by atoms with van der Waals surface area (Å²) in [6.45, 7) is 0. The van der Waals surface area contributed by atoms with Crippen LogP contribution in [0.15, 0.2) is 75.0 Å². The summed E-state index contributed by atoms with van der Waals surface area (Å²) in [5.74, 6) is -0.444. The van der Waals surface area contributed by atoms with Crippen LogP contribution in [0.25, 0.3) is 16.3 Å². The van der Waals surface area contributed by atoms with Crippen LogP contribution >= 0.6 is 11.8 Å². The molecule has 3 aromatic rings. The van der Waals surface area contributed by atoms with Crippen molar-refractivity contribution in [2.24, 2.45) is 4.99 Å². The molecule has 0 unspecified atom stereocenters. The van der Waals surface area contributed by atoms with Gasteiger partial charge in [-0.3, -0.25) is 4.79 Å². The molecule has 0 aromatic heterocycles. The summed E-state index contributed by atoms with van der Waals surface area (Å²) >= 11 is 1.66. The van der Waals surface area contributed by atoms with Crippen molar-refractivity contribution >= 4 is 45.4 Å². The second kappa shape index (κ2) is 5.32. The molecule has 3 aromatic carbocycles. The van der Waals surface area contributed by atoms with Crippen molar-refractivity contribution in [3.05, 3.63) is 71.3 Å². The molecule has 2 N–H and O–H groups in total. The molecule has 1 aliphatic carbocycles. The van der Waals surface area contributed by atoms with E-state index in [1.807, 2.05) is 54.6 Å². The zero-order valence-electron chi connectivity index (χ0n) is 13.5. The summed E-state index contributed by atoms with van der Waals surface area (Å²) in [7, 11) is 0. The number of fused-ring (bicyclic) bond motifs is 3. The predicted octanol–water partition coefficient (Wildman–Crippen LogP) is 4.19. The van der Waals surface area contributed by atoms with Gasteiger partial charge < -0.3 is 5.73 Å². The van der Waals surface area contributed by atoms with Crippen molar-refractivity contribution in [2.75, 3.05) is 5.73 Å². The minimum atomic E-state index is -0.444. The monoisotopic (exact) mass is 353 g/mol. The van der Waals surface area contributed by atoms with Gasteiger partial charge in [-0.2, -0.15) is 5.26 Å². The van der Waals surface area contributed by atoms with E-state index in [9.17, 15) is 10.1 Å². The number of carbonyl (C=O) groups is 1. The van der Waals surface area contributed by atoms with E-state index >= 15 is 0 Å². The molecule has 0 atom stereocenters. The third kappa shape index (κ3) is 1.97. The highest BCUT2D eigenvalue weighted by Gasteiger charge is 2.36. The van der Waals surface area contributed by atoms with Gasteiger partial charge in [-0.15, -0.1) is 0 Å². The molecule has 0 radical (unpaired) electrons. The second-order valence-electron chi connectivity index (χ2n) is 6.14. The van der Waals surface area contributed by atoms with Gasteiger partial charge >= 0.3 is 0 Å². The smallest absolute Gasteiger partial charge is 0.288 e. The van der Waals surface area contributed by atoms with Gasteiger partial charge in [0.15, 0.2) is 0 Å². The maximum absolute atomic E-state index is 12.0. The van der Waals surface area contributed by atoms with Gasteiger partial charge in [0.2, 0.25) is 0 Å². The number of amides is 1. The number of hydrogen-bond acceptors (Lipinski definition) is 4. The highest BCUT2D eigenvalue weighted by atomic mass is 32.2. The lowest BCUT2D eigenvalue weighted by atomic mass is 10.0. The third-order valence-electron chi connectivity index (χ3n) is 4.66. The number of anilines is 1. The third-order valence-corrected chi connectivity index (χ3v) is 5.74. The Kier molecular flexibility index (Phi) is 3.05. The largest absolute Gasteiger partial charge is 0.399 e. The van der Waals surface area contributed by atoms with Crippen LogP contribution in [-0.4, -0.2) is 11.6 Å². The average molecular weight is 353 g/mol. The Morgan fingerprint density at radius 3 is 2.58 bits per heavy atom. The number of rotatable bonds is 2. The lowest BCUT2D eigenvalue weighted by Crippen LogP contribution is -1.93. The van der Waals surface area contributed by atoms with E-state index < -0.39 is 5.91 Å². The van der Waals surface area contributed by atoms with Crippen molar-refractivity contribution < 1.29 is 4.79 Å². The van der Waals surface area contributed by atoms with E-state index in [1.165, 1.54) is 0 Å². The Hall–Kier alpha value is -3.36. The highest BCUT2D eigenvalue weighted by Crippen LogP contribution is 2.46. The maximum Gasteiger partial charge on any atom is 0.288 e. The van der Waals surface area contributed by atoms with E-state index in [-0.39, 0.29) is 5.57 Å². The molecular weight excluding hydrogens is 342 g/mol. The van der Waals surface area contributed by atoms with E-state index in [4.69, 9.17) is 5.73 Å². The van der Waals surface area contributed by atoms with Crippen molar-refractivity contribution in [1.82, 2.24) is 0 Å². The highest BCUT2D eigenvalue weighted by molar-refractivity contribution is 7.99. The number of nitriles is 1. The van der Waals surface area contributed by atoms with Crippen LogP contribution in [-0.2, 0) is 4.79 Å². The van der Waals surface area contributed by atoms with Crippen molar-refractivity contribution in [3.8, 4) is 6.07 Å². The first-order valence-corrected chi connectivity index (χ1v) is 8.86. The lowest BCUT2D eigenvalue weighted by molar-refractivity contribution is -0.113. The minimum Gasteiger partial charge on any atom is -0.399 e. The Morgan fingerprint density at radius 1 is 1.00 bits per heavy atom. The summed E-state index contributed by atoms with van der Waals surface area (Å²) in [5.41, 5.74) is 9.78. The quantitative estimate of drug-likeness (QED) is 0.701. The van der Waals surface area contributed by atoms with Crippen LogP contribution in [0.4, 0.5) is 5.69 Å². The number of carbonyl (C=O) groups excluding carboxylic acids is 1. The van der Waals surface area contributed by atoms with E-state index in [0.29, 0.717) is 11.3 Å². The predicted molar refractivity (Wildman–Crippen MR) is 103 cm³/mol. The minimum absolute atomic E-state index is 0.136.